The third-order valence-corrected chi connectivity index (χ3v) is 10.5. The largest absolute Gasteiger partial charge is 0.394 e. The Balaban J connectivity index is 1.48. The molecule has 15 atom stereocenters. The van der Waals surface area contributed by atoms with E-state index in [-0.39, 0.29) is 0 Å². The second-order valence-corrected chi connectivity index (χ2v) is 14.9. The summed E-state index contributed by atoms with van der Waals surface area (Å²) in [4.78, 5) is 51.0. The summed E-state index contributed by atoms with van der Waals surface area (Å²) in [6, 6.07) is -2.01. The molecule has 4 rings (SSSR count). The maximum Gasteiger partial charge on any atom is 0.330 e. The molecule has 3 aliphatic heterocycles. The van der Waals surface area contributed by atoms with Crippen molar-refractivity contribution in [1.82, 2.24) is 20.2 Å². The molecule has 11 N–H and O–H groups in total. The number of aliphatic hydroxyl groups excluding tert-OH is 8. The fraction of sp³-hybridized carbons (Fsp3) is 0.784. The molecule has 0 aromatic carbocycles. The van der Waals surface area contributed by atoms with Crippen LogP contribution in [0.25, 0.3) is 0 Å². The number of rotatable bonds is 20. The number of aromatic nitrogens is 2. The average Bonchev–Trinajstić information content (AvgIpc) is 3.46. The van der Waals surface area contributed by atoms with Crippen molar-refractivity contribution in [3.05, 3.63) is 45.3 Å². The molecule has 20 heteroatoms. The highest BCUT2D eigenvalue weighted by atomic mass is 16.8. The Morgan fingerprint density at radius 1 is 0.825 bits per heavy atom. The van der Waals surface area contributed by atoms with E-state index in [9.17, 15) is 60.0 Å². The quantitative estimate of drug-likeness (QED) is 0.0470. The zero-order valence-corrected chi connectivity index (χ0v) is 32.2. The zero-order chi connectivity index (χ0) is 41.8. The van der Waals surface area contributed by atoms with E-state index in [1.54, 1.807) is 6.08 Å². The number of amides is 2. The summed E-state index contributed by atoms with van der Waals surface area (Å²) in [6.07, 6.45) is -7.70. The van der Waals surface area contributed by atoms with Crippen LogP contribution in [0.3, 0.4) is 0 Å². The summed E-state index contributed by atoms with van der Waals surface area (Å²) in [6.45, 7) is 2.52. The van der Waals surface area contributed by atoms with Crippen LogP contribution in [0.1, 0.15) is 90.7 Å². The van der Waals surface area contributed by atoms with Crippen molar-refractivity contribution in [2.75, 3.05) is 6.61 Å². The summed E-state index contributed by atoms with van der Waals surface area (Å²) >= 11 is 0. The van der Waals surface area contributed by atoms with Gasteiger partial charge in [0.25, 0.3) is 5.56 Å². The van der Waals surface area contributed by atoms with Crippen LogP contribution in [-0.4, -0.2) is 155 Å². The van der Waals surface area contributed by atoms with Gasteiger partial charge in [-0.25, -0.2) is 4.79 Å². The lowest BCUT2D eigenvalue weighted by Crippen LogP contribution is -2.68. The number of aromatic amines is 1. The molecular weight excluding hydrogens is 756 g/mol. The van der Waals surface area contributed by atoms with E-state index in [0.717, 1.165) is 49.4 Å². The van der Waals surface area contributed by atoms with E-state index in [2.05, 4.69) is 17.6 Å². The highest BCUT2D eigenvalue weighted by Gasteiger charge is 2.53. The van der Waals surface area contributed by atoms with Crippen LogP contribution in [0, 0.1) is 0 Å². The van der Waals surface area contributed by atoms with Crippen LogP contribution in [0.5, 0.6) is 0 Å². The molecule has 20 nitrogen and oxygen atoms in total. The van der Waals surface area contributed by atoms with Crippen molar-refractivity contribution in [2.45, 2.75) is 176 Å². The summed E-state index contributed by atoms with van der Waals surface area (Å²) in [5.74, 6) is -1.35. The number of aliphatic hydroxyl groups is 8. The maximum absolute atomic E-state index is 13.1. The minimum absolute atomic E-state index is 0.597. The molecule has 1 unspecified atom stereocenters. The van der Waals surface area contributed by atoms with Gasteiger partial charge in [-0.1, -0.05) is 64.4 Å². The highest BCUT2D eigenvalue weighted by molar-refractivity contribution is 5.87. The normalized spacial score (nSPS) is 35.0. The van der Waals surface area contributed by atoms with Gasteiger partial charge in [-0.15, -0.1) is 0 Å². The molecule has 3 saturated heterocycles. The first-order chi connectivity index (χ1) is 27.2. The summed E-state index contributed by atoms with van der Waals surface area (Å²) in [5, 5.41) is 91.3. The fourth-order valence-electron chi connectivity index (χ4n) is 7.32. The molecule has 0 saturated carbocycles. The molecule has 57 heavy (non-hydrogen) atoms. The minimum Gasteiger partial charge on any atom is -0.394 e. The number of allylic oxidation sites excluding steroid dienone is 1. The number of nitrogens with zero attached hydrogens (tertiary/aromatic N) is 1. The Labute approximate surface area is 329 Å². The van der Waals surface area contributed by atoms with Crippen LogP contribution >= 0.6 is 0 Å². The number of unbranched alkanes of at least 4 members (excludes halogenated alkanes) is 9. The molecule has 1 aromatic rings. The third kappa shape index (κ3) is 12.4. The molecule has 4 heterocycles. The van der Waals surface area contributed by atoms with Crippen LogP contribution < -0.4 is 21.9 Å². The Hall–Kier alpha value is -3.12. The van der Waals surface area contributed by atoms with Crippen LogP contribution in [0.4, 0.5) is 0 Å². The first kappa shape index (κ1) is 46.6. The number of carbonyl (C=O) groups is 2. The van der Waals surface area contributed by atoms with Gasteiger partial charge in [0.1, 0.15) is 60.9 Å². The van der Waals surface area contributed by atoms with Gasteiger partial charge in [-0.2, -0.15) is 0 Å². The smallest absolute Gasteiger partial charge is 0.330 e. The monoisotopic (exact) mass is 816 g/mol. The molecule has 1 aromatic heterocycles. The molecule has 0 spiro atoms. The Kier molecular flexibility index (Phi) is 18.2. The Bertz CT molecular complexity index is 1560. The van der Waals surface area contributed by atoms with E-state index in [1.165, 1.54) is 38.2 Å². The first-order valence-corrected chi connectivity index (χ1v) is 19.7. The van der Waals surface area contributed by atoms with Crippen molar-refractivity contribution >= 4 is 11.8 Å². The molecule has 0 radical (unpaired) electrons. The highest BCUT2D eigenvalue weighted by Crippen LogP contribution is 2.34. The predicted molar refractivity (Wildman–Crippen MR) is 198 cm³/mol. The second-order valence-electron chi connectivity index (χ2n) is 14.9. The van der Waals surface area contributed by atoms with Gasteiger partial charge in [0.15, 0.2) is 18.8 Å². The summed E-state index contributed by atoms with van der Waals surface area (Å²) < 4.78 is 24.1. The van der Waals surface area contributed by atoms with Crippen molar-refractivity contribution in [1.29, 1.82) is 0 Å². The lowest BCUT2D eigenvalue weighted by atomic mass is 9.91. The summed E-state index contributed by atoms with van der Waals surface area (Å²) in [5.41, 5.74) is -1.68. The van der Waals surface area contributed by atoms with E-state index >= 15 is 0 Å². The van der Waals surface area contributed by atoms with Crippen LogP contribution in [0.2, 0.25) is 0 Å². The number of H-pyrrole nitrogens is 1. The predicted octanol–water partition coefficient (Wildman–Crippen LogP) is -2.72. The van der Waals surface area contributed by atoms with Gasteiger partial charge in [0, 0.05) is 25.6 Å². The van der Waals surface area contributed by atoms with Gasteiger partial charge < -0.3 is 70.4 Å². The van der Waals surface area contributed by atoms with Crippen LogP contribution in [-0.2, 0) is 28.5 Å². The molecular formula is C37H60N4O16. The van der Waals surface area contributed by atoms with E-state index in [4.69, 9.17) is 18.9 Å². The lowest BCUT2D eigenvalue weighted by molar-refractivity contribution is -0.346. The van der Waals surface area contributed by atoms with Crippen molar-refractivity contribution in [2.24, 2.45) is 0 Å². The molecule has 0 bridgehead atoms. The number of carbonyl (C=O) groups excluding carboxylic acids is 2. The topological polar surface area (TPSA) is 312 Å². The third-order valence-electron chi connectivity index (χ3n) is 10.5. The zero-order valence-electron chi connectivity index (χ0n) is 32.2. The SMILES string of the molecule is CCCCCCCCCCC/C=C\C(=O)N[C@H]1[C@H](O[C@@H]2O[C@H](CO)[C@@H](O)[C@H](O)[C@H]2NC(C)=O)O[C@H](CC(O)[C@H]2O[C@@H](n3ccc(=O)[nH]c3=O)[C@H](O)[C@@H]2O)[C@H](O)[C@@H]1O. The molecule has 3 fully saturated rings. The average molecular weight is 817 g/mol. The lowest BCUT2D eigenvalue weighted by Gasteiger charge is -2.47. The van der Waals surface area contributed by atoms with E-state index < -0.39 is 128 Å². The Morgan fingerprint density at radius 2 is 1.40 bits per heavy atom. The maximum atomic E-state index is 13.1. The van der Waals surface area contributed by atoms with Gasteiger partial charge in [0.2, 0.25) is 11.8 Å². The van der Waals surface area contributed by atoms with Gasteiger partial charge >= 0.3 is 5.69 Å². The van der Waals surface area contributed by atoms with Crippen molar-refractivity contribution in [3.63, 3.8) is 0 Å². The van der Waals surface area contributed by atoms with Gasteiger partial charge in [-0.3, -0.25) is 23.9 Å². The fourth-order valence-corrected chi connectivity index (χ4v) is 7.32. The van der Waals surface area contributed by atoms with Gasteiger partial charge in [-0.05, 0) is 18.9 Å². The number of hydrogen-bond donors (Lipinski definition) is 11. The molecule has 2 amide bonds. The van der Waals surface area contributed by atoms with Crippen molar-refractivity contribution < 1.29 is 69.4 Å². The number of ether oxygens (including phenoxy) is 4. The molecule has 3 aliphatic rings. The minimum atomic E-state index is -1.85. The molecule has 0 aliphatic carbocycles. The molecule has 324 valence electrons. The van der Waals surface area contributed by atoms with E-state index in [0.29, 0.717) is 6.42 Å². The van der Waals surface area contributed by atoms with Crippen molar-refractivity contribution in [3.8, 4) is 0 Å². The number of hydrogen-bond acceptors (Lipinski definition) is 16. The van der Waals surface area contributed by atoms with E-state index in [1.807, 2.05) is 4.98 Å². The second kappa shape index (κ2) is 22.3. The first-order valence-electron chi connectivity index (χ1n) is 19.7. The number of nitrogens with one attached hydrogen (secondary N) is 3. The standard InChI is InChI=1S/C37H60N4O16/c1-3-4-5-6-7-8-9-10-11-12-13-14-23(45)39-26-30(50)27(47)21(54-36(26)57-35-25(38-19(2)43)29(49)28(48)22(18-42)55-35)17-20(44)33-31(51)32(52)34(56-33)41-16-15-24(46)40-37(41)53/h13-16,20-22,25-36,42,44,47-52H,3-12,17-18H2,1-2H3,(H,38,43)(H,39,45)(H,40,46,53)/b14-13-/t20?,21-,22-,25-,26-,27+,28-,29-,30-,31+,32-,33-,34-,35+,36+/m1/s1. The van der Waals surface area contributed by atoms with Gasteiger partial charge in [0.05, 0.1) is 18.8 Å². The van der Waals surface area contributed by atoms with Crippen LogP contribution in [0.15, 0.2) is 34.0 Å². The Morgan fingerprint density at radius 3 is 2.00 bits per heavy atom. The summed E-state index contributed by atoms with van der Waals surface area (Å²) in [7, 11) is 0.